The topological polar surface area (TPSA) is 52.3 Å². The molecule has 1 fully saturated rings. The van der Waals surface area contributed by atoms with Crippen LogP contribution in [0.5, 0.6) is 0 Å². The van der Waals surface area contributed by atoms with Crippen LogP contribution >= 0.6 is 22.9 Å². The molecule has 1 atom stereocenters. The quantitative estimate of drug-likeness (QED) is 0.694. The van der Waals surface area contributed by atoms with Gasteiger partial charge in [-0.25, -0.2) is 0 Å². The first kappa shape index (κ1) is 13.2. The van der Waals surface area contributed by atoms with E-state index < -0.39 is 0 Å². The lowest BCUT2D eigenvalue weighted by atomic mass is 10.2. The Bertz CT molecular complexity index is 761. The van der Waals surface area contributed by atoms with Gasteiger partial charge in [0.05, 0.1) is 0 Å². The van der Waals surface area contributed by atoms with Gasteiger partial charge in [-0.05, 0) is 18.4 Å². The van der Waals surface area contributed by atoms with Crippen LogP contribution in [0.2, 0.25) is 0 Å². The summed E-state index contributed by atoms with van der Waals surface area (Å²) in [6.07, 6.45) is 2.07. The van der Waals surface area contributed by atoms with Crippen molar-refractivity contribution in [1.29, 1.82) is 0 Å². The fourth-order valence-corrected chi connectivity index (χ4v) is 3.50. The average molecular weight is 321 g/mol. The van der Waals surface area contributed by atoms with Crippen LogP contribution < -0.4 is 0 Å². The second-order valence-electron chi connectivity index (χ2n) is 4.99. The van der Waals surface area contributed by atoms with Gasteiger partial charge in [-0.1, -0.05) is 35.6 Å². The smallest absolute Gasteiger partial charge is 0.235 e. The monoisotopic (exact) mass is 320 g/mol. The maximum absolute atomic E-state index is 5.82. The highest BCUT2D eigenvalue weighted by atomic mass is 35.5. The molecule has 3 heterocycles. The van der Waals surface area contributed by atoms with Crippen molar-refractivity contribution >= 4 is 27.9 Å². The van der Waals surface area contributed by atoms with Gasteiger partial charge >= 0.3 is 0 Å². The van der Waals surface area contributed by atoms with E-state index in [1.54, 1.807) is 0 Å². The molecule has 0 aliphatic carbocycles. The number of hydrogen-bond donors (Lipinski definition) is 0. The van der Waals surface area contributed by atoms with Crippen molar-refractivity contribution in [1.82, 2.24) is 19.8 Å². The molecule has 0 radical (unpaired) electrons. The first-order chi connectivity index (χ1) is 10.3. The highest BCUT2D eigenvalue weighted by Gasteiger charge is 2.25. The van der Waals surface area contributed by atoms with Gasteiger partial charge in [0.25, 0.3) is 0 Å². The van der Waals surface area contributed by atoms with Gasteiger partial charge in [0.1, 0.15) is 11.1 Å². The number of aromatic nitrogens is 4. The van der Waals surface area contributed by atoms with Gasteiger partial charge in [0.2, 0.25) is 4.96 Å². The Morgan fingerprint density at radius 3 is 2.86 bits per heavy atom. The summed E-state index contributed by atoms with van der Waals surface area (Å²) in [7, 11) is 0. The summed E-state index contributed by atoms with van der Waals surface area (Å²) in [4.78, 5) is 0.803. The number of fused-ring (bicyclic) bond motifs is 1. The molecule has 108 valence electrons. The SMILES string of the molecule is ClCc1ccc(-c2nn3c(C4CCCO4)nnc3s2)cc1. The molecule has 0 spiro atoms. The third-order valence-electron chi connectivity index (χ3n) is 3.59. The molecule has 0 amide bonds. The Kier molecular flexibility index (Phi) is 3.37. The minimum Gasteiger partial charge on any atom is -0.370 e. The molecule has 0 N–H and O–H groups in total. The van der Waals surface area contributed by atoms with Crippen molar-refractivity contribution in [3.8, 4) is 10.6 Å². The predicted octanol–water partition coefficient (Wildman–Crippen LogP) is 3.44. The number of benzene rings is 1. The van der Waals surface area contributed by atoms with E-state index in [1.165, 1.54) is 11.3 Å². The largest absolute Gasteiger partial charge is 0.370 e. The second kappa shape index (κ2) is 5.36. The number of rotatable bonds is 3. The van der Waals surface area contributed by atoms with E-state index >= 15 is 0 Å². The molecule has 21 heavy (non-hydrogen) atoms. The molecular formula is C14H13ClN4OS. The average Bonchev–Trinajstić information content (AvgIpc) is 3.23. The second-order valence-corrected chi connectivity index (χ2v) is 6.22. The van der Waals surface area contributed by atoms with E-state index in [9.17, 15) is 0 Å². The van der Waals surface area contributed by atoms with Crippen molar-refractivity contribution in [3.05, 3.63) is 35.7 Å². The lowest BCUT2D eigenvalue weighted by molar-refractivity contribution is 0.103. The van der Waals surface area contributed by atoms with Crippen molar-refractivity contribution in [2.24, 2.45) is 0 Å². The van der Waals surface area contributed by atoms with E-state index in [0.29, 0.717) is 5.88 Å². The lowest BCUT2D eigenvalue weighted by Gasteiger charge is -2.04. The molecule has 1 aliphatic heterocycles. The summed E-state index contributed by atoms with van der Waals surface area (Å²) in [6, 6.07) is 8.11. The van der Waals surface area contributed by atoms with Crippen LogP contribution in [-0.4, -0.2) is 26.4 Å². The molecule has 0 bridgehead atoms. The maximum Gasteiger partial charge on any atom is 0.235 e. The third-order valence-corrected chi connectivity index (χ3v) is 4.84. The lowest BCUT2D eigenvalue weighted by Crippen LogP contribution is -2.03. The Morgan fingerprint density at radius 2 is 2.14 bits per heavy atom. The van der Waals surface area contributed by atoms with Crippen LogP contribution in [0.4, 0.5) is 0 Å². The van der Waals surface area contributed by atoms with Crippen LogP contribution in [0.3, 0.4) is 0 Å². The normalized spacial score (nSPS) is 18.6. The highest BCUT2D eigenvalue weighted by Crippen LogP contribution is 2.31. The summed E-state index contributed by atoms with van der Waals surface area (Å²) in [5.74, 6) is 1.33. The molecule has 1 unspecified atom stereocenters. The zero-order valence-corrected chi connectivity index (χ0v) is 12.8. The van der Waals surface area contributed by atoms with Gasteiger partial charge in [-0.3, -0.25) is 0 Å². The summed E-state index contributed by atoms with van der Waals surface area (Å²) in [5.41, 5.74) is 2.17. The van der Waals surface area contributed by atoms with Gasteiger partial charge in [0.15, 0.2) is 5.82 Å². The first-order valence-electron chi connectivity index (χ1n) is 6.84. The minimum absolute atomic E-state index is 0.0218. The van der Waals surface area contributed by atoms with Crippen molar-refractivity contribution in [2.75, 3.05) is 6.61 Å². The number of halogens is 1. The van der Waals surface area contributed by atoms with Crippen LogP contribution in [0.25, 0.3) is 15.5 Å². The molecule has 1 aromatic carbocycles. The predicted molar refractivity (Wildman–Crippen MR) is 81.6 cm³/mol. The van der Waals surface area contributed by atoms with Crippen LogP contribution in [0, 0.1) is 0 Å². The minimum atomic E-state index is 0.0218. The number of nitrogens with zero attached hydrogens (tertiary/aromatic N) is 4. The standard InChI is InChI=1S/C14H13ClN4OS/c15-8-9-3-5-10(6-4-9)13-18-19-12(11-2-1-7-20-11)16-17-14(19)21-13/h3-6,11H,1-2,7-8H2. The first-order valence-corrected chi connectivity index (χ1v) is 8.19. The van der Waals surface area contributed by atoms with Crippen molar-refractivity contribution in [2.45, 2.75) is 24.8 Å². The Labute approximate surface area is 130 Å². The summed E-state index contributed by atoms with van der Waals surface area (Å²) < 4.78 is 7.49. The van der Waals surface area contributed by atoms with Gasteiger partial charge in [0, 0.05) is 18.1 Å². The van der Waals surface area contributed by atoms with Crippen LogP contribution in [0.1, 0.15) is 30.3 Å². The van der Waals surface area contributed by atoms with E-state index in [1.807, 2.05) is 28.8 Å². The molecule has 5 nitrogen and oxygen atoms in total. The molecule has 3 aromatic rings. The van der Waals surface area contributed by atoms with Gasteiger partial charge < -0.3 is 4.74 Å². The van der Waals surface area contributed by atoms with E-state index in [2.05, 4.69) is 15.3 Å². The molecule has 1 saturated heterocycles. The molecule has 4 rings (SSSR count). The maximum atomic E-state index is 5.82. The highest BCUT2D eigenvalue weighted by molar-refractivity contribution is 7.19. The Hall–Kier alpha value is -1.50. The summed E-state index contributed by atoms with van der Waals surface area (Å²) in [5, 5.41) is 14.0. The Morgan fingerprint density at radius 1 is 1.29 bits per heavy atom. The number of alkyl halides is 1. The fourth-order valence-electron chi connectivity index (χ4n) is 2.47. The zero-order chi connectivity index (χ0) is 14.2. The molecular weight excluding hydrogens is 308 g/mol. The van der Waals surface area contributed by atoms with E-state index in [0.717, 1.165) is 46.4 Å². The van der Waals surface area contributed by atoms with Crippen molar-refractivity contribution in [3.63, 3.8) is 0 Å². The molecule has 0 saturated carbocycles. The van der Waals surface area contributed by atoms with Crippen molar-refractivity contribution < 1.29 is 4.74 Å². The Balaban J connectivity index is 1.72. The summed E-state index contributed by atoms with van der Waals surface area (Å²) in [6.45, 7) is 0.788. The molecule has 7 heteroatoms. The fraction of sp³-hybridized carbons (Fsp3) is 0.357. The third kappa shape index (κ3) is 2.33. The number of hydrogen-bond acceptors (Lipinski definition) is 5. The van der Waals surface area contributed by atoms with Crippen LogP contribution in [0.15, 0.2) is 24.3 Å². The van der Waals surface area contributed by atoms with Gasteiger partial charge in [-0.15, -0.1) is 21.8 Å². The number of ether oxygens (including phenoxy) is 1. The van der Waals surface area contributed by atoms with E-state index in [4.69, 9.17) is 16.3 Å². The van der Waals surface area contributed by atoms with E-state index in [-0.39, 0.29) is 6.10 Å². The van der Waals surface area contributed by atoms with Crippen LogP contribution in [-0.2, 0) is 10.6 Å². The van der Waals surface area contributed by atoms with Gasteiger partial charge in [-0.2, -0.15) is 9.61 Å². The molecule has 2 aromatic heterocycles. The summed E-state index contributed by atoms with van der Waals surface area (Å²) >= 11 is 7.35. The zero-order valence-electron chi connectivity index (χ0n) is 11.2. The molecule has 1 aliphatic rings.